The SMILES string of the molecule is CCOc1ncc(Br)cc1Br. The van der Waals surface area contributed by atoms with Crippen molar-refractivity contribution in [2.45, 2.75) is 6.92 Å². The molecule has 0 bridgehead atoms. The molecule has 0 amide bonds. The summed E-state index contributed by atoms with van der Waals surface area (Å²) in [4.78, 5) is 4.05. The van der Waals surface area contributed by atoms with Crippen LogP contribution in [0, 0.1) is 0 Å². The van der Waals surface area contributed by atoms with Gasteiger partial charge in [-0.25, -0.2) is 4.98 Å². The third kappa shape index (κ3) is 2.45. The zero-order valence-electron chi connectivity index (χ0n) is 5.97. The van der Waals surface area contributed by atoms with Gasteiger partial charge >= 0.3 is 0 Å². The normalized spacial score (nSPS) is 9.73. The first-order chi connectivity index (χ1) is 5.24. The molecule has 0 N–H and O–H groups in total. The van der Waals surface area contributed by atoms with Crippen molar-refractivity contribution >= 4 is 31.9 Å². The Labute approximate surface area is 82.2 Å². The number of pyridine rings is 1. The molecule has 0 atom stereocenters. The number of ether oxygens (including phenoxy) is 1. The van der Waals surface area contributed by atoms with Crippen molar-refractivity contribution in [3.8, 4) is 5.88 Å². The van der Waals surface area contributed by atoms with E-state index in [0.717, 1.165) is 8.95 Å². The number of aromatic nitrogens is 1. The first-order valence-electron chi connectivity index (χ1n) is 3.18. The molecular weight excluding hydrogens is 274 g/mol. The lowest BCUT2D eigenvalue weighted by Crippen LogP contribution is -1.94. The van der Waals surface area contributed by atoms with Crippen LogP contribution >= 0.6 is 31.9 Å². The maximum absolute atomic E-state index is 5.21. The fourth-order valence-corrected chi connectivity index (χ4v) is 1.75. The second-order valence-corrected chi connectivity index (χ2v) is 3.64. The van der Waals surface area contributed by atoms with Crippen LogP contribution in [-0.4, -0.2) is 11.6 Å². The minimum Gasteiger partial charge on any atom is -0.477 e. The third-order valence-electron chi connectivity index (χ3n) is 1.06. The van der Waals surface area contributed by atoms with Crippen LogP contribution in [0.2, 0.25) is 0 Å². The molecule has 2 nitrogen and oxygen atoms in total. The van der Waals surface area contributed by atoms with Crippen molar-refractivity contribution in [1.29, 1.82) is 0 Å². The van der Waals surface area contributed by atoms with Gasteiger partial charge in [-0.05, 0) is 44.8 Å². The van der Waals surface area contributed by atoms with E-state index < -0.39 is 0 Å². The van der Waals surface area contributed by atoms with Crippen molar-refractivity contribution in [3.05, 3.63) is 21.2 Å². The third-order valence-corrected chi connectivity index (χ3v) is 2.06. The van der Waals surface area contributed by atoms with E-state index in [2.05, 4.69) is 36.8 Å². The summed E-state index contributed by atoms with van der Waals surface area (Å²) in [7, 11) is 0. The van der Waals surface area contributed by atoms with Crippen LogP contribution in [0.1, 0.15) is 6.92 Å². The van der Waals surface area contributed by atoms with Crippen molar-refractivity contribution in [1.82, 2.24) is 4.98 Å². The van der Waals surface area contributed by atoms with Crippen LogP contribution < -0.4 is 4.74 Å². The van der Waals surface area contributed by atoms with Crippen LogP contribution in [0.4, 0.5) is 0 Å². The minimum atomic E-state index is 0.632. The molecule has 1 heterocycles. The number of halogens is 2. The molecule has 0 aliphatic heterocycles. The van der Waals surface area contributed by atoms with Gasteiger partial charge in [-0.3, -0.25) is 0 Å². The van der Waals surface area contributed by atoms with Crippen LogP contribution in [-0.2, 0) is 0 Å². The van der Waals surface area contributed by atoms with E-state index in [-0.39, 0.29) is 0 Å². The summed E-state index contributed by atoms with van der Waals surface area (Å²) in [5.74, 6) is 0.635. The zero-order chi connectivity index (χ0) is 8.27. The predicted octanol–water partition coefficient (Wildman–Crippen LogP) is 3.01. The van der Waals surface area contributed by atoms with Crippen LogP contribution in [0.25, 0.3) is 0 Å². The Balaban J connectivity index is 2.90. The highest BCUT2D eigenvalue weighted by Crippen LogP contribution is 2.24. The summed E-state index contributed by atoms with van der Waals surface area (Å²) >= 11 is 6.63. The fraction of sp³-hybridized carbons (Fsp3) is 0.286. The first kappa shape index (κ1) is 9.00. The summed E-state index contributed by atoms with van der Waals surface area (Å²) in [5, 5.41) is 0. The largest absolute Gasteiger partial charge is 0.477 e. The van der Waals surface area contributed by atoms with E-state index in [0.29, 0.717) is 12.5 Å². The molecule has 11 heavy (non-hydrogen) atoms. The minimum absolute atomic E-state index is 0.632. The Bertz CT molecular complexity index is 252. The van der Waals surface area contributed by atoms with Gasteiger partial charge in [0, 0.05) is 10.7 Å². The average Bonchev–Trinajstić information content (AvgIpc) is 1.95. The topological polar surface area (TPSA) is 22.1 Å². The Morgan fingerprint density at radius 3 is 2.82 bits per heavy atom. The fourth-order valence-electron chi connectivity index (χ4n) is 0.645. The first-order valence-corrected chi connectivity index (χ1v) is 4.76. The highest BCUT2D eigenvalue weighted by atomic mass is 79.9. The molecule has 0 aliphatic rings. The Kier molecular flexibility index (Phi) is 3.33. The molecule has 1 rings (SSSR count). The van der Waals surface area contributed by atoms with Gasteiger partial charge in [0.1, 0.15) is 0 Å². The highest BCUT2D eigenvalue weighted by molar-refractivity contribution is 9.11. The monoisotopic (exact) mass is 279 g/mol. The van der Waals surface area contributed by atoms with Crippen molar-refractivity contribution in [2.75, 3.05) is 6.61 Å². The van der Waals surface area contributed by atoms with E-state index in [4.69, 9.17) is 4.74 Å². The lowest BCUT2D eigenvalue weighted by atomic mass is 10.5. The molecule has 0 aliphatic carbocycles. The molecule has 0 fully saturated rings. The molecule has 0 radical (unpaired) electrons. The second-order valence-electron chi connectivity index (χ2n) is 1.87. The highest BCUT2D eigenvalue weighted by Gasteiger charge is 2.00. The van der Waals surface area contributed by atoms with Gasteiger partial charge in [0.05, 0.1) is 11.1 Å². The van der Waals surface area contributed by atoms with Gasteiger partial charge in [-0.15, -0.1) is 0 Å². The van der Waals surface area contributed by atoms with Crippen LogP contribution in [0.15, 0.2) is 21.2 Å². The van der Waals surface area contributed by atoms with Crippen molar-refractivity contribution in [2.24, 2.45) is 0 Å². The lowest BCUT2D eigenvalue weighted by Gasteiger charge is -2.03. The molecule has 0 saturated carbocycles. The van der Waals surface area contributed by atoms with Gasteiger partial charge in [-0.2, -0.15) is 0 Å². The molecule has 0 saturated heterocycles. The number of hydrogen-bond acceptors (Lipinski definition) is 2. The van der Waals surface area contributed by atoms with Gasteiger partial charge in [0.25, 0.3) is 0 Å². The smallest absolute Gasteiger partial charge is 0.227 e. The summed E-state index contributed by atoms with van der Waals surface area (Å²) in [6.45, 7) is 2.56. The quantitative estimate of drug-likeness (QED) is 0.831. The Hall–Kier alpha value is -0.0900. The Morgan fingerprint density at radius 1 is 1.55 bits per heavy atom. The molecule has 60 valence electrons. The van der Waals surface area contributed by atoms with E-state index in [1.807, 2.05) is 13.0 Å². The number of nitrogens with zero attached hydrogens (tertiary/aromatic N) is 1. The average molecular weight is 281 g/mol. The van der Waals surface area contributed by atoms with E-state index in [1.54, 1.807) is 6.20 Å². The van der Waals surface area contributed by atoms with Crippen molar-refractivity contribution in [3.63, 3.8) is 0 Å². The summed E-state index contributed by atoms with van der Waals surface area (Å²) in [6, 6.07) is 1.90. The summed E-state index contributed by atoms with van der Waals surface area (Å²) < 4.78 is 7.02. The molecule has 0 spiro atoms. The maximum Gasteiger partial charge on any atom is 0.227 e. The standard InChI is InChI=1S/C7H7Br2NO/c1-2-11-7-6(9)3-5(8)4-10-7/h3-4H,2H2,1H3. The molecule has 0 unspecified atom stereocenters. The van der Waals surface area contributed by atoms with Gasteiger partial charge in [-0.1, -0.05) is 0 Å². The van der Waals surface area contributed by atoms with Crippen LogP contribution in [0.3, 0.4) is 0 Å². The predicted molar refractivity (Wildman–Crippen MR) is 50.8 cm³/mol. The Morgan fingerprint density at radius 2 is 2.27 bits per heavy atom. The maximum atomic E-state index is 5.21. The van der Waals surface area contributed by atoms with E-state index in [1.165, 1.54) is 0 Å². The molecule has 1 aromatic rings. The van der Waals surface area contributed by atoms with E-state index in [9.17, 15) is 0 Å². The molecule has 1 aromatic heterocycles. The van der Waals surface area contributed by atoms with Crippen LogP contribution in [0.5, 0.6) is 5.88 Å². The summed E-state index contributed by atoms with van der Waals surface area (Å²) in [5.41, 5.74) is 0. The van der Waals surface area contributed by atoms with E-state index >= 15 is 0 Å². The number of hydrogen-bond donors (Lipinski definition) is 0. The molecule has 4 heteroatoms. The van der Waals surface area contributed by atoms with Gasteiger partial charge in [0.15, 0.2) is 0 Å². The second kappa shape index (κ2) is 4.07. The molecule has 0 aromatic carbocycles. The lowest BCUT2D eigenvalue weighted by molar-refractivity contribution is 0.324. The summed E-state index contributed by atoms with van der Waals surface area (Å²) in [6.07, 6.45) is 1.70. The van der Waals surface area contributed by atoms with Crippen molar-refractivity contribution < 1.29 is 4.74 Å². The van der Waals surface area contributed by atoms with Gasteiger partial charge in [0.2, 0.25) is 5.88 Å². The molecular formula is C7H7Br2NO. The number of rotatable bonds is 2. The zero-order valence-corrected chi connectivity index (χ0v) is 9.15. The van der Waals surface area contributed by atoms with Gasteiger partial charge < -0.3 is 4.74 Å².